The third kappa shape index (κ3) is 2.59. The Bertz CT molecular complexity index is 629. The molecule has 0 aliphatic heterocycles. The van der Waals surface area contributed by atoms with E-state index in [0.29, 0.717) is 24.0 Å². The largest absolute Gasteiger partial charge is 0.423 e. The summed E-state index contributed by atoms with van der Waals surface area (Å²) in [5.41, 5.74) is -0.516. The summed E-state index contributed by atoms with van der Waals surface area (Å²) in [5.74, 6) is 1.63. The zero-order valence-corrected chi connectivity index (χ0v) is 12.0. The van der Waals surface area contributed by atoms with Gasteiger partial charge in [0.2, 0.25) is 11.8 Å². The molecule has 0 saturated heterocycles. The van der Waals surface area contributed by atoms with Crippen LogP contribution in [0.25, 0.3) is 0 Å². The highest BCUT2D eigenvalue weighted by atomic mass is 16.4. The van der Waals surface area contributed by atoms with Gasteiger partial charge in [0.1, 0.15) is 12.4 Å². The van der Waals surface area contributed by atoms with E-state index in [1.807, 2.05) is 27.7 Å². The van der Waals surface area contributed by atoms with Crippen molar-refractivity contribution in [2.75, 3.05) is 0 Å². The SMILES string of the molecule is CCc1nnc(Cn2c(C)nn(C(C)(C)C)c2=O)o1. The first kappa shape index (κ1) is 13.5. The zero-order chi connectivity index (χ0) is 14.2. The van der Waals surface area contributed by atoms with E-state index in [-0.39, 0.29) is 17.8 Å². The average Bonchev–Trinajstić information content (AvgIpc) is 2.88. The Morgan fingerprint density at radius 1 is 1.21 bits per heavy atom. The molecule has 0 unspecified atom stereocenters. The van der Waals surface area contributed by atoms with Gasteiger partial charge < -0.3 is 4.42 Å². The number of nitrogens with zero attached hydrogens (tertiary/aromatic N) is 5. The van der Waals surface area contributed by atoms with Crippen LogP contribution in [-0.2, 0) is 18.5 Å². The summed E-state index contributed by atoms with van der Waals surface area (Å²) in [6, 6.07) is 0. The highest BCUT2D eigenvalue weighted by molar-refractivity contribution is 4.92. The summed E-state index contributed by atoms with van der Waals surface area (Å²) in [7, 11) is 0. The number of aromatic nitrogens is 5. The van der Waals surface area contributed by atoms with Gasteiger partial charge in [-0.2, -0.15) is 5.10 Å². The van der Waals surface area contributed by atoms with Crippen LogP contribution in [0.5, 0.6) is 0 Å². The second-order valence-electron chi connectivity index (χ2n) is 5.44. The van der Waals surface area contributed by atoms with Gasteiger partial charge in [-0.25, -0.2) is 9.48 Å². The van der Waals surface area contributed by atoms with E-state index in [1.165, 1.54) is 9.25 Å². The van der Waals surface area contributed by atoms with Crippen LogP contribution in [0.3, 0.4) is 0 Å². The van der Waals surface area contributed by atoms with Crippen LogP contribution in [0.4, 0.5) is 0 Å². The molecule has 2 aromatic heterocycles. The molecular weight excluding hydrogens is 246 g/mol. The van der Waals surface area contributed by atoms with E-state index in [9.17, 15) is 4.79 Å². The number of rotatable bonds is 3. The lowest BCUT2D eigenvalue weighted by Gasteiger charge is -2.16. The van der Waals surface area contributed by atoms with Crippen LogP contribution in [0.2, 0.25) is 0 Å². The van der Waals surface area contributed by atoms with Gasteiger partial charge in [0.15, 0.2) is 0 Å². The summed E-state index contributed by atoms with van der Waals surface area (Å²) in [4.78, 5) is 12.3. The predicted molar refractivity (Wildman–Crippen MR) is 69.0 cm³/mol. The van der Waals surface area contributed by atoms with Crippen LogP contribution in [-0.4, -0.2) is 24.5 Å². The lowest BCUT2D eigenvalue weighted by atomic mass is 10.1. The third-order valence-corrected chi connectivity index (χ3v) is 2.79. The van der Waals surface area contributed by atoms with E-state index in [2.05, 4.69) is 15.3 Å². The molecule has 7 nitrogen and oxygen atoms in total. The summed E-state index contributed by atoms with van der Waals surface area (Å²) in [6.45, 7) is 9.80. The van der Waals surface area contributed by atoms with Crippen molar-refractivity contribution in [2.45, 2.75) is 53.1 Å². The Labute approximate surface area is 111 Å². The van der Waals surface area contributed by atoms with Gasteiger partial charge in [0.25, 0.3) is 0 Å². The van der Waals surface area contributed by atoms with Gasteiger partial charge in [0.05, 0.1) is 5.54 Å². The molecule has 0 bridgehead atoms. The molecule has 0 aliphatic carbocycles. The van der Waals surface area contributed by atoms with E-state index >= 15 is 0 Å². The number of hydrogen-bond acceptors (Lipinski definition) is 5. The van der Waals surface area contributed by atoms with Crippen molar-refractivity contribution in [1.29, 1.82) is 0 Å². The Morgan fingerprint density at radius 2 is 1.84 bits per heavy atom. The van der Waals surface area contributed by atoms with Crippen LogP contribution < -0.4 is 5.69 Å². The summed E-state index contributed by atoms with van der Waals surface area (Å²) >= 11 is 0. The number of hydrogen-bond donors (Lipinski definition) is 0. The van der Waals surface area contributed by atoms with Crippen molar-refractivity contribution >= 4 is 0 Å². The first-order valence-electron chi connectivity index (χ1n) is 6.31. The summed E-state index contributed by atoms with van der Waals surface area (Å²) < 4.78 is 8.43. The van der Waals surface area contributed by atoms with E-state index in [0.717, 1.165) is 0 Å². The van der Waals surface area contributed by atoms with E-state index in [1.54, 1.807) is 6.92 Å². The second kappa shape index (κ2) is 4.64. The van der Waals surface area contributed by atoms with Crippen molar-refractivity contribution in [3.63, 3.8) is 0 Å². The standard InChI is InChI=1S/C12H19N5O2/c1-6-9-13-14-10(19-9)7-16-8(2)15-17(11(16)18)12(3,4)5/h6-7H2,1-5H3. The maximum Gasteiger partial charge on any atom is 0.346 e. The molecular formula is C12H19N5O2. The van der Waals surface area contributed by atoms with Crippen molar-refractivity contribution in [2.24, 2.45) is 0 Å². The third-order valence-electron chi connectivity index (χ3n) is 2.79. The van der Waals surface area contributed by atoms with Crippen molar-refractivity contribution in [1.82, 2.24) is 24.5 Å². The molecule has 19 heavy (non-hydrogen) atoms. The maximum absolute atomic E-state index is 12.3. The molecule has 0 amide bonds. The van der Waals surface area contributed by atoms with Gasteiger partial charge in [0, 0.05) is 6.42 Å². The monoisotopic (exact) mass is 265 g/mol. The molecule has 2 rings (SSSR count). The molecule has 104 valence electrons. The van der Waals surface area contributed by atoms with Crippen molar-refractivity contribution < 1.29 is 4.42 Å². The van der Waals surface area contributed by atoms with E-state index in [4.69, 9.17) is 4.42 Å². The highest BCUT2D eigenvalue weighted by Gasteiger charge is 2.21. The van der Waals surface area contributed by atoms with Crippen LogP contribution >= 0.6 is 0 Å². The van der Waals surface area contributed by atoms with E-state index < -0.39 is 0 Å². The highest BCUT2D eigenvalue weighted by Crippen LogP contribution is 2.10. The molecule has 0 N–H and O–H groups in total. The first-order chi connectivity index (χ1) is 8.82. The molecule has 0 fully saturated rings. The molecule has 0 spiro atoms. The quantitative estimate of drug-likeness (QED) is 0.830. The fraction of sp³-hybridized carbons (Fsp3) is 0.667. The zero-order valence-electron chi connectivity index (χ0n) is 12.0. The second-order valence-corrected chi connectivity index (χ2v) is 5.44. The minimum absolute atomic E-state index is 0.166. The molecule has 0 aliphatic rings. The maximum atomic E-state index is 12.3. The minimum atomic E-state index is -0.351. The van der Waals surface area contributed by atoms with Gasteiger partial charge in [-0.1, -0.05) is 6.92 Å². The average molecular weight is 265 g/mol. The van der Waals surface area contributed by atoms with Gasteiger partial charge in [-0.3, -0.25) is 4.57 Å². The normalized spacial score (nSPS) is 12.1. The Morgan fingerprint density at radius 3 is 2.32 bits per heavy atom. The molecule has 0 saturated carbocycles. The fourth-order valence-electron chi connectivity index (χ4n) is 1.74. The topological polar surface area (TPSA) is 78.7 Å². The van der Waals surface area contributed by atoms with Gasteiger partial charge >= 0.3 is 5.69 Å². The van der Waals surface area contributed by atoms with Crippen LogP contribution in [0.15, 0.2) is 9.21 Å². The van der Waals surface area contributed by atoms with Gasteiger partial charge in [-0.05, 0) is 27.7 Å². The predicted octanol–water partition coefficient (Wildman–Crippen LogP) is 1.10. The number of aryl methyl sites for hydroxylation is 2. The van der Waals surface area contributed by atoms with Crippen molar-refractivity contribution in [3.05, 3.63) is 28.1 Å². The van der Waals surface area contributed by atoms with Gasteiger partial charge in [-0.15, -0.1) is 10.2 Å². The van der Waals surface area contributed by atoms with Crippen LogP contribution in [0.1, 0.15) is 45.3 Å². The minimum Gasteiger partial charge on any atom is -0.423 e. The fourth-order valence-corrected chi connectivity index (χ4v) is 1.74. The lowest BCUT2D eigenvalue weighted by Crippen LogP contribution is -2.36. The molecule has 0 radical (unpaired) electrons. The Hall–Kier alpha value is -1.92. The molecule has 2 heterocycles. The summed E-state index contributed by atoms with van der Waals surface area (Å²) in [6.07, 6.45) is 0.683. The first-order valence-corrected chi connectivity index (χ1v) is 6.31. The smallest absolute Gasteiger partial charge is 0.346 e. The Kier molecular flexibility index (Phi) is 3.30. The molecule has 0 atom stereocenters. The Balaban J connectivity index is 2.36. The summed E-state index contributed by atoms with van der Waals surface area (Å²) in [5, 5.41) is 12.1. The lowest BCUT2D eigenvalue weighted by molar-refractivity contribution is 0.339. The molecule has 0 aromatic carbocycles. The molecule has 2 aromatic rings. The molecule has 7 heteroatoms. The van der Waals surface area contributed by atoms with Crippen LogP contribution in [0, 0.1) is 6.92 Å². The van der Waals surface area contributed by atoms with Crippen molar-refractivity contribution in [3.8, 4) is 0 Å².